The maximum Gasteiger partial charge on any atom is 0.271 e. The normalized spacial score (nSPS) is 16.8. The lowest BCUT2D eigenvalue weighted by Crippen LogP contribution is -2.28. The number of hydrogen-bond acceptors (Lipinski definition) is 3. The standard InChI is InChI=1S/C22H13BrCl2N2OS/c23-15-3-1-14(2-4-15)13-20-21(28)27(19-11-7-17(25)8-12-19)22(29-20)26-18-9-5-16(24)6-10-18/h1-13H/b20-13-,26-22?. The molecule has 1 aliphatic rings. The van der Waals surface area contributed by atoms with E-state index in [0.717, 1.165) is 10.0 Å². The largest absolute Gasteiger partial charge is 0.271 e. The molecule has 0 spiro atoms. The van der Waals surface area contributed by atoms with Crippen LogP contribution in [0.4, 0.5) is 11.4 Å². The van der Waals surface area contributed by atoms with Crippen LogP contribution in [0.5, 0.6) is 0 Å². The fraction of sp³-hybridized carbons (Fsp3) is 0. The Hall–Kier alpha value is -2.05. The van der Waals surface area contributed by atoms with Crippen molar-refractivity contribution in [1.82, 2.24) is 0 Å². The van der Waals surface area contributed by atoms with E-state index in [9.17, 15) is 4.79 Å². The van der Waals surface area contributed by atoms with Crippen molar-refractivity contribution in [3.05, 3.63) is 97.8 Å². The molecule has 1 saturated heterocycles. The maximum atomic E-state index is 13.2. The minimum atomic E-state index is -0.132. The Labute approximate surface area is 191 Å². The van der Waals surface area contributed by atoms with Gasteiger partial charge in [0.2, 0.25) is 0 Å². The third-order valence-electron chi connectivity index (χ3n) is 4.11. The average molecular weight is 504 g/mol. The highest BCUT2D eigenvalue weighted by atomic mass is 79.9. The zero-order valence-corrected chi connectivity index (χ0v) is 18.8. The Kier molecular flexibility index (Phi) is 6.11. The van der Waals surface area contributed by atoms with Gasteiger partial charge in [0, 0.05) is 14.5 Å². The van der Waals surface area contributed by atoms with E-state index in [1.54, 1.807) is 41.3 Å². The molecule has 0 unspecified atom stereocenters. The number of carbonyl (C=O) groups is 1. The van der Waals surface area contributed by atoms with Gasteiger partial charge < -0.3 is 0 Å². The molecular formula is C22H13BrCl2N2OS. The molecule has 4 rings (SSSR count). The number of amidine groups is 1. The topological polar surface area (TPSA) is 32.7 Å². The van der Waals surface area contributed by atoms with Gasteiger partial charge in [-0.1, -0.05) is 51.3 Å². The number of anilines is 1. The van der Waals surface area contributed by atoms with E-state index in [1.165, 1.54) is 11.8 Å². The maximum absolute atomic E-state index is 13.2. The molecule has 1 heterocycles. The van der Waals surface area contributed by atoms with Crippen molar-refractivity contribution in [1.29, 1.82) is 0 Å². The van der Waals surface area contributed by atoms with Crippen molar-refractivity contribution in [2.45, 2.75) is 0 Å². The van der Waals surface area contributed by atoms with Crippen LogP contribution in [0.25, 0.3) is 6.08 Å². The second kappa shape index (κ2) is 8.76. The first-order valence-electron chi connectivity index (χ1n) is 8.59. The Morgan fingerprint density at radius 3 is 2.07 bits per heavy atom. The summed E-state index contributed by atoms with van der Waals surface area (Å²) >= 11 is 16.8. The van der Waals surface area contributed by atoms with Crippen LogP contribution in [0.1, 0.15) is 5.56 Å². The zero-order valence-electron chi connectivity index (χ0n) is 14.9. The molecular weight excluding hydrogens is 491 g/mol. The summed E-state index contributed by atoms with van der Waals surface area (Å²) < 4.78 is 0.984. The summed E-state index contributed by atoms with van der Waals surface area (Å²) in [6.07, 6.45) is 1.87. The van der Waals surface area contributed by atoms with E-state index >= 15 is 0 Å². The number of benzene rings is 3. The number of rotatable bonds is 3. The Morgan fingerprint density at radius 1 is 0.862 bits per heavy atom. The van der Waals surface area contributed by atoms with Crippen LogP contribution in [0.3, 0.4) is 0 Å². The highest BCUT2D eigenvalue weighted by Gasteiger charge is 2.34. The minimum Gasteiger partial charge on any atom is -0.268 e. The number of amides is 1. The Balaban J connectivity index is 1.76. The van der Waals surface area contributed by atoms with Gasteiger partial charge in [-0.3, -0.25) is 9.69 Å². The van der Waals surface area contributed by atoms with Gasteiger partial charge >= 0.3 is 0 Å². The third-order valence-corrected chi connectivity index (χ3v) is 6.11. The smallest absolute Gasteiger partial charge is 0.268 e. The summed E-state index contributed by atoms with van der Waals surface area (Å²) in [5.41, 5.74) is 2.36. The van der Waals surface area contributed by atoms with Gasteiger partial charge in [-0.15, -0.1) is 0 Å². The number of aliphatic imine (C=N–C) groups is 1. The van der Waals surface area contributed by atoms with E-state index in [0.29, 0.717) is 31.5 Å². The predicted octanol–water partition coefficient (Wildman–Crippen LogP) is 7.56. The van der Waals surface area contributed by atoms with Gasteiger partial charge in [0.25, 0.3) is 5.91 Å². The van der Waals surface area contributed by atoms with Gasteiger partial charge in [0.15, 0.2) is 5.17 Å². The lowest BCUT2D eigenvalue weighted by molar-refractivity contribution is -0.113. The van der Waals surface area contributed by atoms with Crippen LogP contribution in [-0.4, -0.2) is 11.1 Å². The lowest BCUT2D eigenvalue weighted by atomic mass is 10.2. The van der Waals surface area contributed by atoms with Crippen LogP contribution in [0.2, 0.25) is 10.0 Å². The number of hydrogen-bond donors (Lipinski definition) is 0. The van der Waals surface area contributed by atoms with Gasteiger partial charge in [-0.25, -0.2) is 4.99 Å². The van der Waals surface area contributed by atoms with E-state index in [1.807, 2.05) is 42.5 Å². The highest BCUT2D eigenvalue weighted by Crippen LogP contribution is 2.37. The molecule has 0 aromatic heterocycles. The summed E-state index contributed by atoms with van der Waals surface area (Å²) in [7, 11) is 0. The molecule has 1 fully saturated rings. The summed E-state index contributed by atoms with van der Waals surface area (Å²) in [6, 6.07) is 22.1. The molecule has 3 aromatic rings. The number of carbonyl (C=O) groups excluding carboxylic acids is 1. The molecule has 0 saturated carbocycles. The van der Waals surface area contributed by atoms with Crippen molar-refractivity contribution in [3.63, 3.8) is 0 Å². The van der Waals surface area contributed by atoms with Crippen LogP contribution in [0.15, 0.2) is 87.2 Å². The molecule has 0 atom stereocenters. The Bertz CT molecular complexity index is 1110. The van der Waals surface area contributed by atoms with E-state index in [4.69, 9.17) is 23.2 Å². The summed E-state index contributed by atoms with van der Waals surface area (Å²) in [5.74, 6) is -0.132. The van der Waals surface area contributed by atoms with Gasteiger partial charge in [-0.05, 0) is 84.1 Å². The lowest BCUT2D eigenvalue weighted by Gasteiger charge is -2.15. The molecule has 1 aliphatic heterocycles. The third kappa shape index (κ3) is 4.75. The van der Waals surface area contributed by atoms with Crippen molar-refractivity contribution < 1.29 is 4.79 Å². The van der Waals surface area contributed by atoms with E-state index < -0.39 is 0 Å². The van der Waals surface area contributed by atoms with Crippen LogP contribution in [-0.2, 0) is 4.79 Å². The number of halogens is 3. The van der Waals surface area contributed by atoms with Crippen molar-refractivity contribution in [3.8, 4) is 0 Å². The summed E-state index contributed by atoms with van der Waals surface area (Å²) in [5, 5.41) is 1.81. The first-order valence-corrected chi connectivity index (χ1v) is 11.0. The number of nitrogens with zero attached hydrogens (tertiary/aromatic N) is 2. The molecule has 29 heavy (non-hydrogen) atoms. The SMILES string of the molecule is O=C1/C(=C/c2ccc(Br)cc2)SC(=Nc2ccc(Cl)cc2)N1c1ccc(Cl)cc1. The second-order valence-corrected chi connectivity index (χ2v) is 8.95. The highest BCUT2D eigenvalue weighted by molar-refractivity contribution is 9.10. The van der Waals surface area contributed by atoms with Crippen LogP contribution in [0, 0.1) is 0 Å². The molecule has 0 N–H and O–H groups in total. The molecule has 144 valence electrons. The zero-order chi connectivity index (χ0) is 20.4. The summed E-state index contributed by atoms with van der Waals surface area (Å²) in [6.45, 7) is 0. The molecule has 0 bridgehead atoms. The fourth-order valence-corrected chi connectivity index (χ4v) is 4.22. The van der Waals surface area contributed by atoms with Gasteiger partial charge in [0.1, 0.15) is 0 Å². The van der Waals surface area contributed by atoms with Crippen LogP contribution >= 0.6 is 50.9 Å². The van der Waals surface area contributed by atoms with Crippen molar-refractivity contribution >= 4 is 79.4 Å². The summed E-state index contributed by atoms with van der Waals surface area (Å²) in [4.78, 5) is 20.1. The quantitative estimate of drug-likeness (QED) is 0.345. The molecule has 0 radical (unpaired) electrons. The molecule has 0 aliphatic carbocycles. The minimum absolute atomic E-state index is 0.132. The van der Waals surface area contributed by atoms with Crippen LogP contribution < -0.4 is 4.90 Å². The monoisotopic (exact) mass is 502 g/mol. The first-order chi connectivity index (χ1) is 14.0. The first kappa shape index (κ1) is 20.2. The van der Waals surface area contributed by atoms with Gasteiger partial charge in [0.05, 0.1) is 16.3 Å². The second-order valence-electron chi connectivity index (χ2n) is 6.15. The molecule has 1 amide bonds. The fourth-order valence-electron chi connectivity index (χ4n) is 2.70. The molecule has 7 heteroatoms. The van der Waals surface area contributed by atoms with E-state index in [2.05, 4.69) is 20.9 Å². The van der Waals surface area contributed by atoms with E-state index in [-0.39, 0.29) is 5.91 Å². The predicted molar refractivity (Wildman–Crippen MR) is 127 cm³/mol. The van der Waals surface area contributed by atoms with Crippen molar-refractivity contribution in [2.24, 2.45) is 4.99 Å². The average Bonchev–Trinajstić information content (AvgIpc) is 3.01. The number of thioether (sulfide) groups is 1. The Morgan fingerprint density at radius 2 is 1.45 bits per heavy atom. The van der Waals surface area contributed by atoms with Gasteiger partial charge in [-0.2, -0.15) is 0 Å². The molecule has 3 nitrogen and oxygen atoms in total. The molecule has 3 aromatic carbocycles. The van der Waals surface area contributed by atoms with Crippen molar-refractivity contribution in [2.75, 3.05) is 4.90 Å².